The number of fused-ring (bicyclic) bond motifs is 1. The Balaban J connectivity index is 1.40. The van der Waals surface area contributed by atoms with Crippen LogP contribution in [0.15, 0.2) is 29.6 Å². The molecule has 2 N–H and O–H groups in total. The molecular formula is C20H24N4O2S. The molecule has 6 nitrogen and oxygen atoms in total. The van der Waals surface area contributed by atoms with Crippen LogP contribution in [0.2, 0.25) is 0 Å². The number of nitrogens with zero attached hydrogens (tertiary/aromatic N) is 2. The number of amides is 2. The Morgan fingerprint density at radius 3 is 2.74 bits per heavy atom. The van der Waals surface area contributed by atoms with E-state index in [1.165, 1.54) is 22.5 Å². The molecule has 0 spiro atoms. The molecule has 0 saturated carbocycles. The maximum absolute atomic E-state index is 12.5. The first-order chi connectivity index (χ1) is 13.1. The summed E-state index contributed by atoms with van der Waals surface area (Å²) in [5, 5.41) is 8.68. The SMILES string of the molecule is Cc1csc(CNC(=O)C[C@H]2C(=O)NCCN2C2Cc3ccccc3C2)n1. The molecule has 2 amide bonds. The lowest BCUT2D eigenvalue weighted by atomic mass is 10.0. The number of piperazine rings is 1. The lowest BCUT2D eigenvalue weighted by molar-refractivity contribution is -0.135. The first-order valence-corrected chi connectivity index (χ1v) is 10.3. The minimum atomic E-state index is -0.406. The van der Waals surface area contributed by atoms with Crippen LogP contribution in [0.3, 0.4) is 0 Å². The lowest BCUT2D eigenvalue weighted by Crippen LogP contribution is -2.59. The summed E-state index contributed by atoms with van der Waals surface area (Å²) in [5.74, 6) is -0.150. The molecular weight excluding hydrogens is 360 g/mol. The summed E-state index contributed by atoms with van der Waals surface area (Å²) >= 11 is 1.54. The monoisotopic (exact) mass is 384 g/mol. The number of rotatable bonds is 5. The van der Waals surface area contributed by atoms with Crippen molar-refractivity contribution in [3.63, 3.8) is 0 Å². The fraction of sp³-hybridized carbons (Fsp3) is 0.450. The van der Waals surface area contributed by atoms with E-state index in [9.17, 15) is 9.59 Å². The summed E-state index contributed by atoms with van der Waals surface area (Å²) in [6.45, 7) is 3.78. The normalized spacial score (nSPS) is 20.3. The third kappa shape index (κ3) is 4.04. The smallest absolute Gasteiger partial charge is 0.237 e. The number of aryl methyl sites for hydroxylation is 1. The topological polar surface area (TPSA) is 74.3 Å². The van der Waals surface area contributed by atoms with Crippen molar-refractivity contribution in [2.45, 2.75) is 44.8 Å². The van der Waals surface area contributed by atoms with Gasteiger partial charge in [-0.25, -0.2) is 4.98 Å². The highest BCUT2D eigenvalue weighted by Gasteiger charge is 2.38. The number of carbonyl (C=O) groups excluding carboxylic acids is 2. The quantitative estimate of drug-likeness (QED) is 0.818. The fourth-order valence-corrected chi connectivity index (χ4v) is 4.77. The molecule has 1 atom stereocenters. The van der Waals surface area contributed by atoms with Crippen LogP contribution in [0, 0.1) is 6.92 Å². The first-order valence-electron chi connectivity index (χ1n) is 9.38. The third-order valence-corrected chi connectivity index (χ3v) is 6.32. The molecule has 1 aromatic carbocycles. The predicted molar refractivity (Wildman–Crippen MR) is 104 cm³/mol. The highest BCUT2D eigenvalue weighted by molar-refractivity contribution is 7.09. The summed E-state index contributed by atoms with van der Waals surface area (Å²) in [4.78, 5) is 31.6. The average molecular weight is 385 g/mol. The number of benzene rings is 1. The highest BCUT2D eigenvalue weighted by atomic mass is 32.1. The van der Waals surface area contributed by atoms with Gasteiger partial charge in [0.15, 0.2) is 0 Å². The second kappa shape index (κ2) is 7.78. The van der Waals surface area contributed by atoms with Crippen molar-refractivity contribution in [1.29, 1.82) is 0 Å². The van der Waals surface area contributed by atoms with Crippen molar-refractivity contribution < 1.29 is 9.59 Å². The molecule has 142 valence electrons. The largest absolute Gasteiger partial charge is 0.353 e. The summed E-state index contributed by atoms with van der Waals surface area (Å²) in [6.07, 6.45) is 2.07. The van der Waals surface area contributed by atoms with E-state index < -0.39 is 6.04 Å². The molecule has 7 heteroatoms. The average Bonchev–Trinajstić information content (AvgIpc) is 3.27. The minimum Gasteiger partial charge on any atom is -0.353 e. The maximum atomic E-state index is 12.5. The van der Waals surface area contributed by atoms with Gasteiger partial charge < -0.3 is 10.6 Å². The van der Waals surface area contributed by atoms with Crippen LogP contribution in [-0.4, -0.2) is 46.9 Å². The molecule has 2 aliphatic rings. The van der Waals surface area contributed by atoms with Crippen molar-refractivity contribution in [2.24, 2.45) is 0 Å². The van der Waals surface area contributed by atoms with Crippen LogP contribution in [-0.2, 0) is 29.0 Å². The predicted octanol–water partition coefficient (Wildman–Crippen LogP) is 1.43. The summed E-state index contributed by atoms with van der Waals surface area (Å²) in [7, 11) is 0. The number of carbonyl (C=O) groups is 2. The van der Waals surface area contributed by atoms with Crippen molar-refractivity contribution in [3.05, 3.63) is 51.5 Å². The molecule has 0 bridgehead atoms. The zero-order chi connectivity index (χ0) is 18.8. The van der Waals surface area contributed by atoms with E-state index in [1.807, 2.05) is 12.3 Å². The zero-order valence-corrected chi connectivity index (χ0v) is 16.2. The van der Waals surface area contributed by atoms with Gasteiger partial charge in [-0.15, -0.1) is 11.3 Å². The van der Waals surface area contributed by atoms with E-state index in [1.54, 1.807) is 0 Å². The number of nitrogens with one attached hydrogen (secondary N) is 2. The maximum Gasteiger partial charge on any atom is 0.237 e. The van der Waals surface area contributed by atoms with Gasteiger partial charge in [-0.1, -0.05) is 24.3 Å². The summed E-state index contributed by atoms with van der Waals surface area (Å²) in [5.41, 5.74) is 3.68. The Hall–Kier alpha value is -2.25. The molecule has 1 saturated heterocycles. The molecule has 1 aliphatic carbocycles. The summed E-state index contributed by atoms with van der Waals surface area (Å²) < 4.78 is 0. The van der Waals surface area contributed by atoms with Crippen molar-refractivity contribution in [1.82, 2.24) is 20.5 Å². The Kier molecular flexibility index (Phi) is 5.22. The minimum absolute atomic E-state index is 0.0440. The van der Waals surface area contributed by atoms with Gasteiger partial charge in [0, 0.05) is 30.2 Å². The van der Waals surface area contributed by atoms with E-state index in [4.69, 9.17) is 0 Å². The molecule has 27 heavy (non-hydrogen) atoms. The van der Waals surface area contributed by atoms with Crippen LogP contribution < -0.4 is 10.6 Å². The van der Waals surface area contributed by atoms with Gasteiger partial charge >= 0.3 is 0 Å². The summed E-state index contributed by atoms with van der Waals surface area (Å²) in [6, 6.07) is 8.34. The standard InChI is InChI=1S/C20H24N4O2S/c1-13-12-27-19(23-13)11-22-18(25)10-17-20(26)21-6-7-24(17)16-8-14-4-2-3-5-15(14)9-16/h2-5,12,16-17H,6-11H2,1H3,(H,21,26)(H,22,25)/t17-/m0/s1. The van der Waals surface area contributed by atoms with Crippen molar-refractivity contribution in [2.75, 3.05) is 13.1 Å². The second-order valence-corrected chi connectivity index (χ2v) is 8.18. The lowest BCUT2D eigenvalue weighted by Gasteiger charge is -2.38. The molecule has 2 aromatic rings. The number of thiazole rings is 1. The molecule has 2 heterocycles. The van der Waals surface area contributed by atoms with E-state index in [-0.39, 0.29) is 24.3 Å². The van der Waals surface area contributed by atoms with E-state index in [2.05, 4.69) is 44.8 Å². The molecule has 1 fully saturated rings. The van der Waals surface area contributed by atoms with E-state index in [0.717, 1.165) is 30.1 Å². The molecule has 0 unspecified atom stereocenters. The van der Waals surface area contributed by atoms with Gasteiger partial charge in [0.2, 0.25) is 11.8 Å². The Morgan fingerprint density at radius 2 is 2.07 bits per heavy atom. The third-order valence-electron chi connectivity index (χ3n) is 5.35. The van der Waals surface area contributed by atoms with Gasteiger partial charge in [0.1, 0.15) is 5.01 Å². The van der Waals surface area contributed by atoms with E-state index >= 15 is 0 Å². The van der Waals surface area contributed by atoms with Gasteiger partial charge in [-0.05, 0) is 30.9 Å². The van der Waals surface area contributed by atoms with Crippen molar-refractivity contribution in [3.8, 4) is 0 Å². The van der Waals surface area contributed by atoms with Crippen molar-refractivity contribution >= 4 is 23.2 Å². The van der Waals surface area contributed by atoms with Gasteiger partial charge in [-0.3, -0.25) is 14.5 Å². The molecule has 1 aliphatic heterocycles. The van der Waals surface area contributed by atoms with E-state index in [0.29, 0.717) is 13.1 Å². The second-order valence-electron chi connectivity index (χ2n) is 7.24. The zero-order valence-electron chi connectivity index (χ0n) is 15.4. The van der Waals surface area contributed by atoms with Gasteiger partial charge in [0.25, 0.3) is 0 Å². The van der Waals surface area contributed by atoms with Crippen LogP contribution >= 0.6 is 11.3 Å². The molecule has 1 aromatic heterocycles. The molecule has 0 radical (unpaired) electrons. The van der Waals surface area contributed by atoms with Crippen LogP contribution in [0.1, 0.15) is 28.2 Å². The first kappa shape index (κ1) is 18.1. The fourth-order valence-electron chi connectivity index (χ4n) is 4.06. The van der Waals surface area contributed by atoms with Crippen LogP contribution in [0.25, 0.3) is 0 Å². The van der Waals surface area contributed by atoms with Gasteiger partial charge in [0.05, 0.1) is 19.0 Å². The number of hydrogen-bond acceptors (Lipinski definition) is 5. The van der Waals surface area contributed by atoms with Crippen LogP contribution in [0.5, 0.6) is 0 Å². The Morgan fingerprint density at radius 1 is 1.33 bits per heavy atom. The molecule has 4 rings (SSSR count). The van der Waals surface area contributed by atoms with Gasteiger partial charge in [-0.2, -0.15) is 0 Å². The number of aromatic nitrogens is 1. The highest BCUT2D eigenvalue weighted by Crippen LogP contribution is 2.28. The Bertz CT molecular complexity index is 825. The Labute approximate surface area is 163 Å². The number of hydrogen-bond donors (Lipinski definition) is 2. The van der Waals surface area contributed by atoms with Crippen LogP contribution in [0.4, 0.5) is 0 Å².